The number of rotatable bonds is 6. The Hall–Kier alpha value is -0.670. The van der Waals surface area contributed by atoms with Gasteiger partial charge in [0.15, 0.2) is 0 Å². The first-order valence-electron chi connectivity index (χ1n) is 8.42. The van der Waals surface area contributed by atoms with Crippen LogP contribution in [0.4, 0.5) is 5.69 Å². The molecule has 1 heterocycles. The molecule has 2 fully saturated rings. The molecule has 1 aromatic carbocycles. The second-order valence-electron chi connectivity index (χ2n) is 6.52. The zero-order chi connectivity index (χ0) is 14.5. The van der Waals surface area contributed by atoms with Crippen molar-refractivity contribution in [1.29, 1.82) is 0 Å². The minimum Gasteiger partial charge on any atom is -0.371 e. The van der Waals surface area contributed by atoms with Gasteiger partial charge >= 0.3 is 0 Å². The van der Waals surface area contributed by atoms with Gasteiger partial charge in [0.1, 0.15) is 0 Å². The van der Waals surface area contributed by atoms with Crippen LogP contribution in [0.25, 0.3) is 0 Å². The smallest absolute Gasteiger partial charge is 0.0411 e. The van der Waals surface area contributed by atoms with Crippen LogP contribution in [0.1, 0.15) is 44.1 Å². The summed E-state index contributed by atoms with van der Waals surface area (Å²) < 4.78 is 0.503. The standard InChI is InChI=1S/C18H28N2S/c1-21-18(10-4-5-11-18)15-19-14-16-8-2-3-9-17(16)20-12-6-7-13-20/h2-3,8-9,19H,4-7,10-15H2,1H3. The summed E-state index contributed by atoms with van der Waals surface area (Å²) in [5.74, 6) is 0. The van der Waals surface area contributed by atoms with Crippen LogP contribution >= 0.6 is 11.8 Å². The Morgan fingerprint density at radius 2 is 1.81 bits per heavy atom. The minimum atomic E-state index is 0.503. The Morgan fingerprint density at radius 1 is 1.10 bits per heavy atom. The molecule has 1 aromatic rings. The minimum absolute atomic E-state index is 0.503. The van der Waals surface area contributed by atoms with Crippen molar-refractivity contribution >= 4 is 17.4 Å². The van der Waals surface area contributed by atoms with Crippen molar-refractivity contribution in [3.63, 3.8) is 0 Å². The lowest BCUT2D eigenvalue weighted by molar-refractivity contribution is 0.533. The number of hydrogen-bond acceptors (Lipinski definition) is 3. The third-order valence-electron chi connectivity index (χ3n) is 5.15. The molecule has 116 valence electrons. The van der Waals surface area contributed by atoms with Gasteiger partial charge in [0.2, 0.25) is 0 Å². The largest absolute Gasteiger partial charge is 0.371 e. The van der Waals surface area contributed by atoms with Crippen LogP contribution in [-0.4, -0.2) is 30.6 Å². The van der Waals surface area contributed by atoms with Gasteiger partial charge in [0, 0.05) is 36.6 Å². The van der Waals surface area contributed by atoms with E-state index in [1.807, 2.05) is 0 Å². The van der Waals surface area contributed by atoms with Gasteiger partial charge in [-0.15, -0.1) is 0 Å². The lowest BCUT2D eigenvalue weighted by atomic mass is 10.1. The summed E-state index contributed by atoms with van der Waals surface area (Å²) in [5.41, 5.74) is 2.92. The maximum absolute atomic E-state index is 3.75. The molecule has 1 saturated carbocycles. The number of para-hydroxylation sites is 1. The predicted octanol–water partition coefficient (Wildman–Crippen LogP) is 4.05. The van der Waals surface area contributed by atoms with Crippen LogP contribution in [0.5, 0.6) is 0 Å². The monoisotopic (exact) mass is 304 g/mol. The van der Waals surface area contributed by atoms with Crippen molar-refractivity contribution in [2.75, 3.05) is 30.8 Å². The molecule has 0 atom stereocenters. The van der Waals surface area contributed by atoms with E-state index in [9.17, 15) is 0 Å². The topological polar surface area (TPSA) is 15.3 Å². The fourth-order valence-electron chi connectivity index (χ4n) is 3.82. The van der Waals surface area contributed by atoms with E-state index < -0.39 is 0 Å². The van der Waals surface area contributed by atoms with Gasteiger partial charge in [-0.2, -0.15) is 11.8 Å². The molecule has 3 heteroatoms. The van der Waals surface area contributed by atoms with Crippen molar-refractivity contribution in [3.8, 4) is 0 Å². The zero-order valence-corrected chi connectivity index (χ0v) is 14.1. The molecule has 0 radical (unpaired) electrons. The molecule has 0 bridgehead atoms. The Balaban J connectivity index is 1.60. The van der Waals surface area contributed by atoms with E-state index in [-0.39, 0.29) is 0 Å². The maximum atomic E-state index is 3.75. The van der Waals surface area contributed by atoms with E-state index in [1.165, 1.54) is 62.9 Å². The lowest BCUT2D eigenvalue weighted by Crippen LogP contribution is -2.35. The van der Waals surface area contributed by atoms with Crippen LogP contribution in [-0.2, 0) is 6.54 Å². The van der Waals surface area contributed by atoms with E-state index in [4.69, 9.17) is 0 Å². The Morgan fingerprint density at radius 3 is 2.52 bits per heavy atom. The van der Waals surface area contributed by atoms with Crippen molar-refractivity contribution < 1.29 is 0 Å². The van der Waals surface area contributed by atoms with Crippen LogP contribution in [0, 0.1) is 0 Å². The highest BCUT2D eigenvalue weighted by Crippen LogP contribution is 2.39. The summed E-state index contributed by atoms with van der Waals surface area (Å²) in [6.45, 7) is 4.62. The Labute approximate surface area is 133 Å². The molecule has 0 unspecified atom stereocenters. The van der Waals surface area contributed by atoms with E-state index in [0.717, 1.165) is 13.1 Å². The van der Waals surface area contributed by atoms with Gasteiger partial charge in [-0.1, -0.05) is 31.0 Å². The second-order valence-corrected chi connectivity index (χ2v) is 7.79. The van der Waals surface area contributed by atoms with Gasteiger partial charge in [-0.3, -0.25) is 0 Å². The average molecular weight is 305 g/mol. The van der Waals surface area contributed by atoms with Crippen molar-refractivity contribution in [3.05, 3.63) is 29.8 Å². The maximum Gasteiger partial charge on any atom is 0.0411 e. The van der Waals surface area contributed by atoms with E-state index in [0.29, 0.717) is 4.75 Å². The molecule has 1 N–H and O–H groups in total. The first-order valence-corrected chi connectivity index (χ1v) is 9.64. The summed E-state index contributed by atoms with van der Waals surface area (Å²) in [7, 11) is 0. The fraction of sp³-hybridized carbons (Fsp3) is 0.667. The molecule has 1 saturated heterocycles. The first-order chi connectivity index (χ1) is 10.3. The number of nitrogens with one attached hydrogen (secondary N) is 1. The number of hydrogen-bond donors (Lipinski definition) is 1. The molecule has 21 heavy (non-hydrogen) atoms. The van der Waals surface area contributed by atoms with Crippen molar-refractivity contribution in [1.82, 2.24) is 5.32 Å². The van der Waals surface area contributed by atoms with Gasteiger partial charge in [-0.25, -0.2) is 0 Å². The van der Waals surface area contributed by atoms with Crippen molar-refractivity contribution in [2.45, 2.75) is 49.8 Å². The molecular weight excluding hydrogens is 276 g/mol. The highest BCUT2D eigenvalue weighted by Gasteiger charge is 2.32. The highest BCUT2D eigenvalue weighted by molar-refractivity contribution is 8.00. The average Bonchev–Trinajstić information content (AvgIpc) is 3.20. The summed E-state index contributed by atoms with van der Waals surface area (Å²) in [5, 5.41) is 3.75. The van der Waals surface area contributed by atoms with E-state index in [1.54, 1.807) is 0 Å². The predicted molar refractivity (Wildman–Crippen MR) is 94.3 cm³/mol. The first kappa shape index (κ1) is 15.2. The van der Waals surface area contributed by atoms with Crippen LogP contribution < -0.4 is 10.2 Å². The molecule has 0 spiro atoms. The van der Waals surface area contributed by atoms with Crippen LogP contribution in [0.15, 0.2) is 24.3 Å². The van der Waals surface area contributed by atoms with Gasteiger partial charge in [0.05, 0.1) is 0 Å². The quantitative estimate of drug-likeness (QED) is 0.853. The molecule has 0 aromatic heterocycles. The van der Waals surface area contributed by atoms with E-state index in [2.05, 4.69) is 52.5 Å². The van der Waals surface area contributed by atoms with Gasteiger partial charge in [0.25, 0.3) is 0 Å². The molecule has 2 aliphatic rings. The third-order valence-corrected chi connectivity index (χ3v) is 6.57. The Bertz CT molecular complexity index is 448. The number of thioether (sulfide) groups is 1. The molecule has 0 amide bonds. The molecule has 1 aliphatic heterocycles. The molecular formula is C18H28N2S. The summed E-state index contributed by atoms with van der Waals surface area (Å²) >= 11 is 2.07. The SMILES string of the molecule is CSC1(CNCc2ccccc2N2CCCC2)CCCC1. The molecule has 1 aliphatic carbocycles. The second kappa shape index (κ2) is 7.06. The van der Waals surface area contributed by atoms with Gasteiger partial charge < -0.3 is 10.2 Å². The van der Waals surface area contributed by atoms with Crippen molar-refractivity contribution in [2.24, 2.45) is 0 Å². The van der Waals surface area contributed by atoms with E-state index >= 15 is 0 Å². The van der Waals surface area contributed by atoms with Crippen LogP contribution in [0.2, 0.25) is 0 Å². The number of anilines is 1. The summed E-state index contributed by atoms with van der Waals surface area (Å²) in [6, 6.07) is 8.94. The highest BCUT2D eigenvalue weighted by atomic mass is 32.2. The third kappa shape index (κ3) is 3.57. The zero-order valence-electron chi connectivity index (χ0n) is 13.2. The fourth-order valence-corrected chi connectivity index (χ4v) is 4.77. The summed E-state index contributed by atoms with van der Waals surface area (Å²) in [4.78, 5) is 2.55. The molecule has 2 nitrogen and oxygen atoms in total. The summed E-state index contributed by atoms with van der Waals surface area (Å²) in [6.07, 6.45) is 10.6. The normalized spacial score (nSPS) is 21.1. The Kier molecular flexibility index (Phi) is 5.12. The lowest BCUT2D eigenvalue weighted by Gasteiger charge is -2.28. The number of benzene rings is 1. The number of nitrogens with zero attached hydrogens (tertiary/aromatic N) is 1. The molecule has 3 rings (SSSR count). The van der Waals surface area contributed by atoms with Gasteiger partial charge in [-0.05, 0) is 43.6 Å². The van der Waals surface area contributed by atoms with Crippen LogP contribution in [0.3, 0.4) is 0 Å².